The van der Waals surface area contributed by atoms with E-state index in [9.17, 15) is 9.59 Å². The second-order valence-corrected chi connectivity index (χ2v) is 10.7. The molecule has 9 nitrogen and oxygen atoms in total. The number of anilines is 2. The quantitative estimate of drug-likeness (QED) is 0.197. The first-order valence-corrected chi connectivity index (χ1v) is 13.3. The summed E-state index contributed by atoms with van der Waals surface area (Å²) in [6.07, 6.45) is 0.784. The number of nitrogens with zero attached hydrogens (tertiary/aromatic N) is 4. The van der Waals surface area contributed by atoms with Crippen LogP contribution in [0.3, 0.4) is 0 Å². The SMILES string of the molecule is Cc1ccc(C)c(NC(=O)CCSc2nnc(NC(=O)CCc3nc(-c4ccc(Cl)cc4)no3)s2)c1. The van der Waals surface area contributed by atoms with Gasteiger partial charge in [0, 0.05) is 41.3 Å². The van der Waals surface area contributed by atoms with Gasteiger partial charge >= 0.3 is 0 Å². The van der Waals surface area contributed by atoms with E-state index in [4.69, 9.17) is 16.1 Å². The van der Waals surface area contributed by atoms with Gasteiger partial charge in [0.1, 0.15) is 0 Å². The molecule has 0 atom stereocenters. The van der Waals surface area contributed by atoms with E-state index >= 15 is 0 Å². The highest BCUT2D eigenvalue weighted by Crippen LogP contribution is 2.26. The van der Waals surface area contributed by atoms with Gasteiger partial charge in [-0.1, -0.05) is 52.0 Å². The summed E-state index contributed by atoms with van der Waals surface area (Å²) in [6, 6.07) is 13.0. The van der Waals surface area contributed by atoms with E-state index in [1.54, 1.807) is 24.3 Å². The number of nitrogens with one attached hydrogen (secondary N) is 2. The molecule has 0 aliphatic heterocycles. The van der Waals surface area contributed by atoms with Crippen molar-refractivity contribution in [2.24, 2.45) is 0 Å². The molecule has 0 saturated carbocycles. The maximum absolute atomic E-state index is 12.3. The van der Waals surface area contributed by atoms with Crippen LogP contribution in [-0.2, 0) is 16.0 Å². The molecule has 2 heterocycles. The Labute approximate surface area is 221 Å². The van der Waals surface area contributed by atoms with Crippen molar-refractivity contribution < 1.29 is 14.1 Å². The van der Waals surface area contributed by atoms with Crippen LogP contribution in [0.5, 0.6) is 0 Å². The number of rotatable bonds is 10. The topological polar surface area (TPSA) is 123 Å². The summed E-state index contributed by atoms with van der Waals surface area (Å²) in [5.41, 5.74) is 3.72. The molecule has 0 bridgehead atoms. The molecule has 4 rings (SSSR count). The summed E-state index contributed by atoms with van der Waals surface area (Å²) in [5.74, 6) is 1.06. The predicted octanol–water partition coefficient (Wildman–Crippen LogP) is 5.55. The van der Waals surface area contributed by atoms with E-state index in [-0.39, 0.29) is 18.2 Å². The number of hydrogen-bond acceptors (Lipinski definition) is 9. The zero-order valence-corrected chi connectivity index (χ0v) is 22.0. The average Bonchev–Trinajstić information content (AvgIpc) is 3.50. The average molecular weight is 543 g/mol. The lowest BCUT2D eigenvalue weighted by molar-refractivity contribution is -0.116. The molecule has 12 heteroatoms. The van der Waals surface area contributed by atoms with Crippen molar-refractivity contribution >= 4 is 57.3 Å². The van der Waals surface area contributed by atoms with Gasteiger partial charge in [0.25, 0.3) is 0 Å². The highest BCUT2D eigenvalue weighted by Gasteiger charge is 2.13. The summed E-state index contributed by atoms with van der Waals surface area (Å²) < 4.78 is 5.91. The van der Waals surface area contributed by atoms with Crippen LogP contribution in [0.4, 0.5) is 10.8 Å². The number of carbonyl (C=O) groups excluding carboxylic acids is 2. The Morgan fingerprint density at radius 1 is 1.03 bits per heavy atom. The highest BCUT2D eigenvalue weighted by molar-refractivity contribution is 8.01. The van der Waals surface area contributed by atoms with Crippen molar-refractivity contribution in [3.8, 4) is 11.4 Å². The molecule has 36 heavy (non-hydrogen) atoms. The fraction of sp³-hybridized carbons (Fsp3) is 0.250. The Kier molecular flexibility index (Phi) is 8.68. The third kappa shape index (κ3) is 7.36. The fourth-order valence-corrected chi connectivity index (χ4v) is 5.01. The van der Waals surface area contributed by atoms with Crippen LogP contribution >= 0.6 is 34.7 Å². The Morgan fingerprint density at radius 2 is 1.81 bits per heavy atom. The monoisotopic (exact) mass is 542 g/mol. The van der Waals surface area contributed by atoms with Gasteiger partial charge in [-0.05, 0) is 55.3 Å². The normalized spacial score (nSPS) is 10.9. The van der Waals surface area contributed by atoms with Crippen LogP contribution in [0, 0.1) is 13.8 Å². The number of carbonyl (C=O) groups is 2. The summed E-state index contributed by atoms with van der Waals surface area (Å²) in [5, 5.41) is 18.7. The third-order valence-electron chi connectivity index (χ3n) is 5.01. The van der Waals surface area contributed by atoms with E-state index in [0.717, 1.165) is 22.4 Å². The summed E-state index contributed by atoms with van der Waals surface area (Å²) in [4.78, 5) is 28.9. The van der Waals surface area contributed by atoms with Crippen molar-refractivity contribution in [3.05, 3.63) is 64.5 Å². The molecule has 4 aromatic rings. The van der Waals surface area contributed by atoms with Gasteiger partial charge in [0.15, 0.2) is 4.34 Å². The number of halogens is 1. The van der Waals surface area contributed by atoms with Crippen molar-refractivity contribution in [3.63, 3.8) is 0 Å². The zero-order valence-electron chi connectivity index (χ0n) is 19.6. The number of benzene rings is 2. The number of amides is 2. The summed E-state index contributed by atoms with van der Waals surface area (Å²) >= 11 is 8.57. The number of hydrogen-bond donors (Lipinski definition) is 2. The van der Waals surface area contributed by atoms with Gasteiger partial charge in [-0.2, -0.15) is 4.98 Å². The molecule has 0 radical (unpaired) electrons. The van der Waals surface area contributed by atoms with E-state index in [0.29, 0.717) is 44.8 Å². The first-order chi connectivity index (χ1) is 17.4. The highest BCUT2D eigenvalue weighted by atomic mass is 35.5. The Balaban J connectivity index is 1.18. The number of aryl methyl sites for hydroxylation is 3. The fourth-order valence-electron chi connectivity index (χ4n) is 3.11. The largest absolute Gasteiger partial charge is 0.339 e. The van der Waals surface area contributed by atoms with E-state index in [1.807, 2.05) is 32.0 Å². The van der Waals surface area contributed by atoms with Crippen LogP contribution in [-0.4, -0.2) is 37.9 Å². The molecule has 2 amide bonds. The Morgan fingerprint density at radius 3 is 2.61 bits per heavy atom. The third-order valence-corrected chi connectivity index (χ3v) is 7.24. The van der Waals surface area contributed by atoms with Gasteiger partial charge in [0.05, 0.1) is 0 Å². The zero-order chi connectivity index (χ0) is 25.5. The second-order valence-electron chi connectivity index (χ2n) is 7.90. The molecule has 2 N–H and O–H groups in total. The standard InChI is InChI=1S/C24H23ClN6O3S2/c1-14-3-4-15(2)18(13-14)26-20(33)11-12-35-24-30-29-23(36-24)27-19(32)9-10-21-28-22(31-34-21)16-5-7-17(25)8-6-16/h3-8,13H,9-12H2,1-2H3,(H,26,33)(H,27,29,32). The van der Waals surface area contributed by atoms with Crippen LogP contribution in [0.2, 0.25) is 5.02 Å². The molecule has 186 valence electrons. The molecule has 2 aromatic carbocycles. The molecular weight excluding hydrogens is 520 g/mol. The molecular formula is C24H23ClN6O3S2. The van der Waals surface area contributed by atoms with Crippen molar-refractivity contribution in [2.45, 2.75) is 37.4 Å². The molecule has 0 fully saturated rings. The van der Waals surface area contributed by atoms with Gasteiger partial charge < -0.3 is 15.2 Å². The molecule has 0 saturated heterocycles. The smallest absolute Gasteiger partial charge is 0.227 e. The lowest BCUT2D eigenvalue weighted by Crippen LogP contribution is -2.13. The minimum absolute atomic E-state index is 0.0607. The summed E-state index contributed by atoms with van der Waals surface area (Å²) in [7, 11) is 0. The van der Waals surface area contributed by atoms with E-state index in [2.05, 4.69) is 31.0 Å². The predicted molar refractivity (Wildman–Crippen MR) is 141 cm³/mol. The molecule has 0 spiro atoms. The van der Waals surface area contributed by atoms with Crippen LogP contribution in [0.15, 0.2) is 51.3 Å². The molecule has 0 aliphatic carbocycles. The first kappa shape index (κ1) is 25.8. The van der Waals surface area contributed by atoms with Crippen LogP contribution in [0.1, 0.15) is 29.9 Å². The number of aromatic nitrogens is 4. The Bertz CT molecular complexity index is 1360. The van der Waals surface area contributed by atoms with Crippen molar-refractivity contribution in [1.82, 2.24) is 20.3 Å². The minimum atomic E-state index is -0.234. The van der Waals surface area contributed by atoms with Crippen molar-refractivity contribution in [1.29, 1.82) is 0 Å². The maximum Gasteiger partial charge on any atom is 0.227 e. The number of thioether (sulfide) groups is 1. The molecule has 0 aliphatic rings. The summed E-state index contributed by atoms with van der Waals surface area (Å²) in [6.45, 7) is 3.95. The lowest BCUT2D eigenvalue weighted by atomic mass is 10.1. The van der Waals surface area contributed by atoms with Crippen molar-refractivity contribution in [2.75, 3.05) is 16.4 Å². The first-order valence-electron chi connectivity index (χ1n) is 11.1. The Hall–Kier alpha value is -3.28. The lowest BCUT2D eigenvalue weighted by Gasteiger charge is -2.08. The maximum atomic E-state index is 12.3. The molecule has 2 aromatic heterocycles. The van der Waals surface area contributed by atoms with Crippen LogP contribution in [0.25, 0.3) is 11.4 Å². The molecule has 0 unspecified atom stereocenters. The van der Waals surface area contributed by atoms with E-state index < -0.39 is 0 Å². The van der Waals surface area contributed by atoms with Gasteiger partial charge in [0.2, 0.25) is 28.7 Å². The van der Waals surface area contributed by atoms with E-state index in [1.165, 1.54) is 23.1 Å². The van der Waals surface area contributed by atoms with Gasteiger partial charge in [-0.15, -0.1) is 10.2 Å². The van der Waals surface area contributed by atoms with Gasteiger partial charge in [-0.25, -0.2) is 0 Å². The minimum Gasteiger partial charge on any atom is -0.339 e. The second kappa shape index (κ2) is 12.1. The van der Waals surface area contributed by atoms with Crippen LogP contribution < -0.4 is 10.6 Å². The van der Waals surface area contributed by atoms with Gasteiger partial charge in [-0.3, -0.25) is 9.59 Å².